The highest BCUT2D eigenvalue weighted by atomic mass is 16.5. The number of carbonyl (C=O) groups excluding carboxylic acids is 1. The maximum Gasteiger partial charge on any atom is 0.236 e. The van der Waals surface area contributed by atoms with E-state index in [2.05, 4.69) is 22.3 Å². The maximum atomic E-state index is 11.6. The summed E-state index contributed by atoms with van der Waals surface area (Å²) >= 11 is 0. The summed E-state index contributed by atoms with van der Waals surface area (Å²) < 4.78 is 5.16. The summed E-state index contributed by atoms with van der Waals surface area (Å²) in [6.45, 7) is 3.64. The van der Waals surface area contributed by atoms with Gasteiger partial charge >= 0.3 is 0 Å². The van der Waals surface area contributed by atoms with Gasteiger partial charge in [-0.3, -0.25) is 4.79 Å². The fourth-order valence-corrected chi connectivity index (χ4v) is 1.89. The number of nitrogens with zero attached hydrogens (tertiary/aromatic N) is 2. The van der Waals surface area contributed by atoms with Crippen molar-refractivity contribution in [3.63, 3.8) is 0 Å². The summed E-state index contributed by atoms with van der Waals surface area (Å²) in [7, 11) is 0. The molecule has 2 aromatic rings. The second-order valence-electron chi connectivity index (χ2n) is 4.58. The monoisotopic (exact) mass is 258 g/mol. The summed E-state index contributed by atoms with van der Waals surface area (Å²) in [4.78, 5) is 15.9. The molecule has 1 atom stereocenters. The van der Waals surface area contributed by atoms with E-state index in [1.807, 2.05) is 25.1 Å². The third-order valence-corrected chi connectivity index (χ3v) is 3.17. The number of ketones is 1. The van der Waals surface area contributed by atoms with Gasteiger partial charge in [-0.1, -0.05) is 42.4 Å². The van der Waals surface area contributed by atoms with Crippen LogP contribution < -0.4 is 0 Å². The van der Waals surface area contributed by atoms with Crippen molar-refractivity contribution in [2.75, 3.05) is 0 Å². The van der Waals surface area contributed by atoms with Gasteiger partial charge < -0.3 is 4.52 Å². The van der Waals surface area contributed by atoms with Crippen LogP contribution in [-0.4, -0.2) is 15.9 Å². The fourth-order valence-electron chi connectivity index (χ4n) is 1.89. The van der Waals surface area contributed by atoms with E-state index in [0.717, 1.165) is 12.8 Å². The molecule has 1 aromatic carbocycles. The molecule has 0 aliphatic rings. The van der Waals surface area contributed by atoms with Crippen LogP contribution in [0.5, 0.6) is 0 Å². The molecule has 19 heavy (non-hydrogen) atoms. The molecule has 0 spiro atoms. The molecule has 2 rings (SSSR count). The molecule has 4 nitrogen and oxygen atoms in total. The Kier molecular flexibility index (Phi) is 4.44. The first-order valence-electron chi connectivity index (χ1n) is 6.59. The number of carbonyl (C=O) groups is 1. The summed E-state index contributed by atoms with van der Waals surface area (Å²) in [5, 5.41) is 3.93. The Morgan fingerprint density at radius 1 is 1.26 bits per heavy atom. The van der Waals surface area contributed by atoms with Gasteiger partial charge in [0.25, 0.3) is 0 Å². The minimum Gasteiger partial charge on any atom is -0.339 e. The Morgan fingerprint density at radius 3 is 2.68 bits per heavy atom. The first-order chi connectivity index (χ1) is 9.20. The van der Waals surface area contributed by atoms with E-state index in [-0.39, 0.29) is 11.7 Å². The topological polar surface area (TPSA) is 56.0 Å². The van der Waals surface area contributed by atoms with E-state index < -0.39 is 0 Å². The van der Waals surface area contributed by atoms with E-state index in [1.54, 1.807) is 6.92 Å². The largest absolute Gasteiger partial charge is 0.339 e. The lowest BCUT2D eigenvalue weighted by Crippen LogP contribution is -2.07. The highest BCUT2D eigenvalue weighted by Gasteiger charge is 2.20. The van der Waals surface area contributed by atoms with Gasteiger partial charge in [-0.15, -0.1) is 0 Å². The molecule has 0 saturated carbocycles. The van der Waals surface area contributed by atoms with E-state index in [4.69, 9.17) is 4.52 Å². The van der Waals surface area contributed by atoms with E-state index in [1.165, 1.54) is 5.56 Å². The van der Waals surface area contributed by atoms with Crippen LogP contribution in [0.3, 0.4) is 0 Å². The zero-order chi connectivity index (χ0) is 13.7. The molecule has 0 bridgehead atoms. The Morgan fingerprint density at radius 2 is 2.00 bits per heavy atom. The summed E-state index contributed by atoms with van der Waals surface area (Å²) in [5.41, 5.74) is 1.24. The van der Waals surface area contributed by atoms with Crippen LogP contribution in [-0.2, 0) is 17.6 Å². The van der Waals surface area contributed by atoms with Crippen molar-refractivity contribution in [3.05, 3.63) is 47.6 Å². The van der Waals surface area contributed by atoms with Gasteiger partial charge in [-0.2, -0.15) is 4.98 Å². The number of hydrogen-bond donors (Lipinski definition) is 0. The van der Waals surface area contributed by atoms with Gasteiger partial charge in [0.05, 0.1) is 5.92 Å². The second-order valence-corrected chi connectivity index (χ2v) is 4.58. The highest BCUT2D eigenvalue weighted by molar-refractivity contribution is 5.83. The first-order valence-corrected chi connectivity index (χ1v) is 6.59. The molecule has 0 amide bonds. The van der Waals surface area contributed by atoms with Gasteiger partial charge in [0, 0.05) is 12.8 Å². The molecule has 1 heterocycles. The van der Waals surface area contributed by atoms with Gasteiger partial charge in [0.15, 0.2) is 5.82 Å². The van der Waals surface area contributed by atoms with Gasteiger partial charge in [0.2, 0.25) is 5.89 Å². The molecule has 0 aliphatic heterocycles. The minimum atomic E-state index is -0.303. The second kappa shape index (κ2) is 6.27. The van der Waals surface area contributed by atoms with E-state index in [9.17, 15) is 4.79 Å². The SMILES string of the molecule is CCC(=O)C(C)c1nc(CCc2ccccc2)no1. The number of benzene rings is 1. The molecule has 100 valence electrons. The van der Waals surface area contributed by atoms with Crippen molar-refractivity contribution in [1.29, 1.82) is 0 Å². The number of rotatable bonds is 6. The number of hydrogen-bond acceptors (Lipinski definition) is 4. The molecule has 0 N–H and O–H groups in total. The van der Waals surface area contributed by atoms with Crippen molar-refractivity contribution in [1.82, 2.24) is 10.1 Å². The normalized spacial score (nSPS) is 12.3. The Labute approximate surface area is 112 Å². The van der Waals surface area contributed by atoms with Crippen LogP contribution in [0.1, 0.15) is 43.5 Å². The van der Waals surface area contributed by atoms with E-state index >= 15 is 0 Å². The summed E-state index contributed by atoms with van der Waals surface area (Å²) in [6, 6.07) is 10.2. The smallest absolute Gasteiger partial charge is 0.236 e. The van der Waals surface area contributed by atoms with Crippen LogP contribution in [0.25, 0.3) is 0 Å². The number of aromatic nitrogens is 2. The summed E-state index contributed by atoms with van der Waals surface area (Å²) in [5.74, 6) is 0.908. The van der Waals surface area contributed by atoms with Gasteiger partial charge in [0.1, 0.15) is 5.78 Å². The van der Waals surface area contributed by atoms with Crippen molar-refractivity contribution in [2.45, 2.75) is 39.0 Å². The lowest BCUT2D eigenvalue weighted by Gasteiger charge is -2.01. The molecule has 0 aliphatic carbocycles. The lowest BCUT2D eigenvalue weighted by molar-refractivity contribution is -0.120. The maximum absolute atomic E-state index is 11.6. The fraction of sp³-hybridized carbons (Fsp3) is 0.400. The summed E-state index contributed by atoms with van der Waals surface area (Å²) in [6.07, 6.45) is 2.08. The van der Waals surface area contributed by atoms with Crippen molar-refractivity contribution < 1.29 is 9.32 Å². The van der Waals surface area contributed by atoms with Crippen molar-refractivity contribution in [3.8, 4) is 0 Å². The molecule has 4 heteroatoms. The molecule has 0 fully saturated rings. The van der Waals surface area contributed by atoms with Crippen LogP contribution in [0.15, 0.2) is 34.9 Å². The van der Waals surface area contributed by atoms with Crippen LogP contribution in [0.2, 0.25) is 0 Å². The molecular formula is C15H18N2O2. The zero-order valence-electron chi connectivity index (χ0n) is 11.3. The molecule has 1 aromatic heterocycles. The average Bonchev–Trinajstić information content (AvgIpc) is 2.93. The molecule has 1 unspecified atom stereocenters. The third-order valence-electron chi connectivity index (χ3n) is 3.17. The average molecular weight is 258 g/mol. The Hall–Kier alpha value is -1.97. The van der Waals surface area contributed by atoms with Gasteiger partial charge in [-0.25, -0.2) is 0 Å². The lowest BCUT2D eigenvalue weighted by atomic mass is 10.1. The number of Topliss-reactive ketones (excluding diaryl/α,β-unsaturated/α-hetero) is 1. The van der Waals surface area contributed by atoms with Gasteiger partial charge in [-0.05, 0) is 18.9 Å². The van der Waals surface area contributed by atoms with Crippen LogP contribution >= 0.6 is 0 Å². The quantitative estimate of drug-likeness (QED) is 0.799. The third kappa shape index (κ3) is 3.50. The first kappa shape index (κ1) is 13.5. The Balaban J connectivity index is 1.96. The molecular weight excluding hydrogens is 240 g/mol. The van der Waals surface area contributed by atoms with Crippen LogP contribution in [0, 0.1) is 0 Å². The minimum absolute atomic E-state index is 0.123. The standard InChI is InChI=1S/C15H18N2O2/c1-3-13(18)11(2)15-16-14(17-19-15)10-9-12-7-5-4-6-8-12/h4-8,11H,3,9-10H2,1-2H3. The predicted octanol–water partition coefficient (Wildman–Crippen LogP) is 2.94. The number of aryl methyl sites for hydroxylation is 2. The highest BCUT2D eigenvalue weighted by Crippen LogP contribution is 2.16. The molecule has 0 saturated heterocycles. The Bertz CT molecular complexity index is 534. The predicted molar refractivity (Wildman–Crippen MR) is 71.9 cm³/mol. The van der Waals surface area contributed by atoms with Crippen molar-refractivity contribution >= 4 is 5.78 Å². The van der Waals surface area contributed by atoms with Crippen LogP contribution in [0.4, 0.5) is 0 Å². The van der Waals surface area contributed by atoms with E-state index in [0.29, 0.717) is 18.1 Å². The molecule has 0 radical (unpaired) electrons. The van der Waals surface area contributed by atoms with Crippen molar-refractivity contribution in [2.24, 2.45) is 0 Å². The zero-order valence-corrected chi connectivity index (χ0v) is 11.3.